The Bertz CT molecular complexity index is 377. The third kappa shape index (κ3) is 3.05. The number of nitrogens with two attached hydrogens (primary N) is 1. The van der Waals surface area contributed by atoms with Gasteiger partial charge in [-0.1, -0.05) is 34.1 Å². The van der Waals surface area contributed by atoms with Gasteiger partial charge in [-0.2, -0.15) is 11.8 Å². The van der Waals surface area contributed by atoms with Gasteiger partial charge in [0, 0.05) is 15.3 Å². The summed E-state index contributed by atoms with van der Waals surface area (Å²) >= 11 is 5.65. The Morgan fingerprint density at radius 3 is 2.88 bits per heavy atom. The molecule has 94 valence electrons. The monoisotopic (exact) mass is 314 g/mol. The number of nitrogens with one attached hydrogen (secondary N) is 1. The van der Waals surface area contributed by atoms with Crippen molar-refractivity contribution in [1.82, 2.24) is 5.43 Å². The van der Waals surface area contributed by atoms with Gasteiger partial charge in [-0.15, -0.1) is 0 Å². The molecule has 1 aromatic rings. The standard InChI is InChI=1S/C13H19BrN2S/c1-13(7-4-8-17-13)12(16-15)9-10-5-2-3-6-11(10)14/h2-3,5-6,12,16H,4,7-9,15H2,1H3. The van der Waals surface area contributed by atoms with Crippen LogP contribution in [0.1, 0.15) is 25.3 Å². The first-order chi connectivity index (χ1) is 8.15. The first kappa shape index (κ1) is 13.4. The number of hydrogen-bond acceptors (Lipinski definition) is 3. The Hall–Kier alpha value is -0.0300. The smallest absolute Gasteiger partial charge is 0.0395 e. The van der Waals surface area contributed by atoms with Crippen molar-refractivity contribution in [2.24, 2.45) is 5.84 Å². The van der Waals surface area contributed by atoms with Gasteiger partial charge in [0.25, 0.3) is 0 Å². The fourth-order valence-electron chi connectivity index (χ4n) is 2.41. The summed E-state index contributed by atoms with van der Waals surface area (Å²) in [6.45, 7) is 2.33. The second-order valence-electron chi connectivity index (χ2n) is 4.78. The molecule has 1 aliphatic rings. The summed E-state index contributed by atoms with van der Waals surface area (Å²) in [6.07, 6.45) is 3.52. The Balaban J connectivity index is 2.12. The first-order valence-corrected chi connectivity index (χ1v) is 7.77. The molecule has 0 aliphatic carbocycles. The maximum Gasteiger partial charge on any atom is 0.0395 e. The molecule has 3 N–H and O–H groups in total. The van der Waals surface area contributed by atoms with Gasteiger partial charge < -0.3 is 0 Å². The van der Waals surface area contributed by atoms with Gasteiger partial charge >= 0.3 is 0 Å². The molecule has 1 heterocycles. The summed E-state index contributed by atoms with van der Waals surface area (Å²) in [6, 6.07) is 8.71. The number of hydrazine groups is 1. The number of rotatable bonds is 4. The fourth-order valence-corrected chi connectivity index (χ4v) is 4.25. The Morgan fingerprint density at radius 2 is 2.29 bits per heavy atom. The van der Waals surface area contributed by atoms with Crippen LogP contribution >= 0.6 is 27.7 Å². The zero-order valence-corrected chi connectivity index (χ0v) is 12.5. The molecule has 1 aromatic carbocycles. The highest BCUT2D eigenvalue weighted by Gasteiger charge is 2.37. The quantitative estimate of drug-likeness (QED) is 0.662. The van der Waals surface area contributed by atoms with E-state index in [9.17, 15) is 0 Å². The molecule has 0 saturated carbocycles. The summed E-state index contributed by atoms with van der Waals surface area (Å²) in [5.41, 5.74) is 4.34. The molecular formula is C13H19BrN2S. The van der Waals surface area contributed by atoms with Crippen LogP contribution in [-0.2, 0) is 6.42 Å². The predicted octanol–water partition coefficient (Wildman–Crippen LogP) is 3.11. The number of halogens is 1. The molecule has 4 heteroatoms. The minimum atomic E-state index is 0.268. The number of hydrogen-bond donors (Lipinski definition) is 2. The second kappa shape index (κ2) is 5.74. The lowest BCUT2D eigenvalue weighted by atomic mass is 9.91. The van der Waals surface area contributed by atoms with Gasteiger partial charge in [-0.25, -0.2) is 0 Å². The van der Waals surface area contributed by atoms with Crippen molar-refractivity contribution >= 4 is 27.7 Å². The normalized spacial score (nSPS) is 26.1. The van der Waals surface area contributed by atoms with Crippen LogP contribution in [0.25, 0.3) is 0 Å². The highest BCUT2D eigenvalue weighted by atomic mass is 79.9. The van der Waals surface area contributed by atoms with Crippen molar-refractivity contribution in [2.75, 3.05) is 5.75 Å². The molecule has 1 aliphatic heterocycles. The van der Waals surface area contributed by atoms with Crippen LogP contribution in [0.4, 0.5) is 0 Å². The molecule has 2 atom stereocenters. The molecular weight excluding hydrogens is 296 g/mol. The van der Waals surface area contributed by atoms with Crippen LogP contribution in [0.5, 0.6) is 0 Å². The van der Waals surface area contributed by atoms with Crippen molar-refractivity contribution in [1.29, 1.82) is 0 Å². The topological polar surface area (TPSA) is 38.0 Å². The van der Waals surface area contributed by atoms with Gasteiger partial charge in [-0.3, -0.25) is 11.3 Å². The zero-order chi connectivity index (χ0) is 12.3. The third-order valence-corrected chi connectivity index (χ3v) is 5.98. The van der Waals surface area contributed by atoms with E-state index in [1.54, 1.807) is 0 Å². The molecule has 0 bridgehead atoms. The zero-order valence-electron chi connectivity index (χ0n) is 10.1. The molecule has 0 aromatic heterocycles. The van der Waals surface area contributed by atoms with E-state index in [-0.39, 0.29) is 4.75 Å². The lowest BCUT2D eigenvalue weighted by molar-refractivity contribution is 0.405. The molecule has 2 nitrogen and oxygen atoms in total. The highest BCUT2D eigenvalue weighted by molar-refractivity contribution is 9.10. The van der Waals surface area contributed by atoms with Crippen LogP contribution in [0.3, 0.4) is 0 Å². The Kier molecular flexibility index (Phi) is 4.53. The average molecular weight is 315 g/mol. The summed E-state index contributed by atoms with van der Waals surface area (Å²) < 4.78 is 1.44. The first-order valence-electron chi connectivity index (χ1n) is 5.99. The van der Waals surface area contributed by atoms with Crippen LogP contribution in [-0.4, -0.2) is 16.5 Å². The number of benzene rings is 1. The summed E-state index contributed by atoms with van der Waals surface area (Å²) in [4.78, 5) is 0. The van der Waals surface area contributed by atoms with E-state index in [1.807, 2.05) is 17.8 Å². The van der Waals surface area contributed by atoms with E-state index in [4.69, 9.17) is 5.84 Å². The summed E-state index contributed by atoms with van der Waals surface area (Å²) in [5.74, 6) is 7.01. The molecule has 1 saturated heterocycles. The molecule has 2 unspecified atom stereocenters. The Morgan fingerprint density at radius 1 is 1.53 bits per heavy atom. The Labute approximate surface area is 116 Å². The minimum Gasteiger partial charge on any atom is -0.271 e. The van der Waals surface area contributed by atoms with E-state index in [1.165, 1.54) is 28.6 Å². The minimum absolute atomic E-state index is 0.268. The SMILES string of the molecule is CC1(C(Cc2ccccc2Br)NN)CCCS1. The van der Waals surface area contributed by atoms with Crippen LogP contribution in [0.15, 0.2) is 28.7 Å². The molecule has 2 rings (SSSR count). The van der Waals surface area contributed by atoms with E-state index in [0.717, 1.165) is 6.42 Å². The van der Waals surface area contributed by atoms with Crippen molar-refractivity contribution in [2.45, 2.75) is 37.0 Å². The van der Waals surface area contributed by atoms with Gasteiger partial charge in [0.1, 0.15) is 0 Å². The highest BCUT2D eigenvalue weighted by Crippen LogP contribution is 2.41. The van der Waals surface area contributed by atoms with E-state index in [2.05, 4.69) is 46.5 Å². The van der Waals surface area contributed by atoms with Crippen molar-refractivity contribution in [3.05, 3.63) is 34.3 Å². The van der Waals surface area contributed by atoms with Crippen molar-refractivity contribution in [3.8, 4) is 0 Å². The molecule has 0 spiro atoms. The molecule has 0 amide bonds. The maximum atomic E-state index is 5.76. The van der Waals surface area contributed by atoms with Crippen LogP contribution in [0.2, 0.25) is 0 Å². The van der Waals surface area contributed by atoms with Crippen molar-refractivity contribution in [3.63, 3.8) is 0 Å². The molecule has 0 radical (unpaired) electrons. The van der Waals surface area contributed by atoms with Gasteiger partial charge in [0.2, 0.25) is 0 Å². The predicted molar refractivity (Wildman–Crippen MR) is 79.1 cm³/mol. The maximum absolute atomic E-state index is 5.76. The van der Waals surface area contributed by atoms with E-state index >= 15 is 0 Å². The van der Waals surface area contributed by atoms with Crippen LogP contribution in [0, 0.1) is 0 Å². The largest absolute Gasteiger partial charge is 0.271 e. The molecule has 17 heavy (non-hydrogen) atoms. The van der Waals surface area contributed by atoms with E-state index in [0.29, 0.717) is 6.04 Å². The third-order valence-electron chi connectivity index (χ3n) is 3.57. The van der Waals surface area contributed by atoms with Gasteiger partial charge in [0.05, 0.1) is 0 Å². The second-order valence-corrected chi connectivity index (χ2v) is 7.26. The summed E-state index contributed by atoms with van der Waals surface area (Å²) in [7, 11) is 0. The van der Waals surface area contributed by atoms with E-state index < -0.39 is 0 Å². The summed E-state index contributed by atoms with van der Waals surface area (Å²) in [5, 5.41) is 0. The van der Waals surface area contributed by atoms with Crippen molar-refractivity contribution < 1.29 is 0 Å². The average Bonchev–Trinajstić information content (AvgIpc) is 2.76. The lowest BCUT2D eigenvalue weighted by Gasteiger charge is -2.33. The number of thioether (sulfide) groups is 1. The fraction of sp³-hybridized carbons (Fsp3) is 0.538. The van der Waals surface area contributed by atoms with Gasteiger partial charge in [-0.05, 0) is 43.6 Å². The van der Waals surface area contributed by atoms with Crippen LogP contribution < -0.4 is 11.3 Å². The lowest BCUT2D eigenvalue weighted by Crippen LogP contribution is -2.50. The molecule has 1 fully saturated rings. The van der Waals surface area contributed by atoms with Gasteiger partial charge in [0.15, 0.2) is 0 Å².